The minimum absolute atomic E-state index is 0.0984. The topological polar surface area (TPSA) is 105 Å². The predicted molar refractivity (Wildman–Crippen MR) is 151 cm³/mol. The highest BCUT2D eigenvalue weighted by Gasteiger charge is 2.39. The average molecular weight is 566 g/mol. The number of amides is 3. The Balaban J connectivity index is 1.42. The van der Waals surface area contributed by atoms with Crippen LogP contribution < -0.4 is 15.5 Å². The number of aryl methyl sites for hydroxylation is 1. The van der Waals surface area contributed by atoms with Crippen molar-refractivity contribution in [2.24, 2.45) is 0 Å². The van der Waals surface area contributed by atoms with Crippen molar-refractivity contribution in [1.82, 2.24) is 0 Å². The third kappa shape index (κ3) is 6.30. The summed E-state index contributed by atoms with van der Waals surface area (Å²) in [7, 11) is 0. The maximum absolute atomic E-state index is 13.1. The molecule has 8 nitrogen and oxygen atoms in total. The molecule has 200 valence electrons. The third-order valence-electron chi connectivity index (χ3n) is 5.97. The predicted octanol–water partition coefficient (Wildman–Crippen LogP) is 6.29. The van der Waals surface area contributed by atoms with Gasteiger partial charge in [-0.05, 0) is 85.6 Å². The number of hydrogen-bond acceptors (Lipinski definition) is 6. The van der Waals surface area contributed by atoms with E-state index in [0.717, 1.165) is 23.3 Å². The van der Waals surface area contributed by atoms with Crippen molar-refractivity contribution in [3.63, 3.8) is 0 Å². The van der Waals surface area contributed by atoms with E-state index >= 15 is 0 Å². The van der Waals surface area contributed by atoms with Crippen LogP contribution in [-0.4, -0.2) is 30.3 Å². The lowest BCUT2D eigenvalue weighted by Gasteiger charge is -2.15. The van der Waals surface area contributed by atoms with Gasteiger partial charge < -0.3 is 15.4 Å². The Hall–Kier alpha value is -4.14. The Kier molecular flexibility index (Phi) is 8.69. The standard InChI is InChI=1S/C29H25Cl2N3O5/c1-3-4-15-39-29(38)19-7-12-22(13-8-19)34-27(36)24(31)25(28(34)37)32-21-10-5-18(6-11-21)26(35)33-23-14-9-20(30)16-17(23)2/h5-14,16,32H,3-4,15H2,1-2H3,(H,33,35). The van der Waals surface area contributed by atoms with Crippen molar-refractivity contribution in [1.29, 1.82) is 0 Å². The molecule has 10 heteroatoms. The van der Waals surface area contributed by atoms with Crippen LogP contribution in [0.15, 0.2) is 77.5 Å². The van der Waals surface area contributed by atoms with Crippen molar-refractivity contribution in [3.05, 3.63) is 99.2 Å². The molecule has 2 N–H and O–H groups in total. The van der Waals surface area contributed by atoms with Gasteiger partial charge in [0.1, 0.15) is 10.7 Å². The number of nitrogens with one attached hydrogen (secondary N) is 2. The van der Waals surface area contributed by atoms with E-state index in [4.69, 9.17) is 27.9 Å². The summed E-state index contributed by atoms with van der Waals surface area (Å²) < 4.78 is 5.18. The first-order valence-corrected chi connectivity index (χ1v) is 13.0. The number of halogens is 2. The smallest absolute Gasteiger partial charge is 0.338 e. The molecular formula is C29H25Cl2N3O5. The van der Waals surface area contributed by atoms with E-state index in [1.807, 2.05) is 13.8 Å². The molecule has 0 saturated carbocycles. The Morgan fingerprint density at radius 2 is 1.56 bits per heavy atom. The van der Waals surface area contributed by atoms with Gasteiger partial charge >= 0.3 is 5.97 Å². The molecule has 1 aliphatic heterocycles. The minimum Gasteiger partial charge on any atom is -0.462 e. The molecule has 0 unspecified atom stereocenters. The van der Waals surface area contributed by atoms with Crippen LogP contribution in [0.25, 0.3) is 0 Å². The highest BCUT2D eigenvalue weighted by molar-refractivity contribution is 6.53. The second kappa shape index (κ2) is 12.1. The maximum Gasteiger partial charge on any atom is 0.338 e. The Bertz CT molecular complexity index is 1470. The van der Waals surface area contributed by atoms with E-state index in [2.05, 4.69) is 10.6 Å². The van der Waals surface area contributed by atoms with Crippen LogP contribution in [0.2, 0.25) is 5.02 Å². The van der Waals surface area contributed by atoms with Gasteiger partial charge in [0.25, 0.3) is 17.7 Å². The van der Waals surface area contributed by atoms with Crippen LogP contribution in [0.3, 0.4) is 0 Å². The van der Waals surface area contributed by atoms with Gasteiger partial charge in [-0.25, -0.2) is 9.69 Å². The molecule has 0 saturated heterocycles. The number of esters is 1. The third-order valence-corrected chi connectivity index (χ3v) is 6.56. The van der Waals surface area contributed by atoms with Crippen LogP contribution in [0, 0.1) is 6.92 Å². The normalized spacial score (nSPS) is 13.1. The Labute approximate surface area is 235 Å². The van der Waals surface area contributed by atoms with Crippen molar-refractivity contribution < 1.29 is 23.9 Å². The van der Waals surface area contributed by atoms with Gasteiger partial charge in [-0.1, -0.05) is 36.5 Å². The number of imide groups is 1. The SMILES string of the molecule is CCCCOC(=O)c1ccc(N2C(=O)C(Cl)=C(Nc3ccc(C(=O)Nc4ccc(Cl)cc4C)cc3)C2=O)cc1. The molecule has 39 heavy (non-hydrogen) atoms. The Morgan fingerprint density at radius 1 is 0.897 bits per heavy atom. The molecule has 0 aromatic heterocycles. The fraction of sp³-hybridized carbons (Fsp3) is 0.172. The summed E-state index contributed by atoms with van der Waals surface area (Å²) in [4.78, 5) is 51.6. The molecule has 0 fully saturated rings. The van der Waals surface area contributed by atoms with Crippen LogP contribution in [0.1, 0.15) is 46.0 Å². The highest BCUT2D eigenvalue weighted by atomic mass is 35.5. The maximum atomic E-state index is 13.1. The molecule has 0 bridgehead atoms. The lowest BCUT2D eigenvalue weighted by molar-refractivity contribution is -0.120. The van der Waals surface area contributed by atoms with Gasteiger partial charge in [-0.15, -0.1) is 0 Å². The van der Waals surface area contributed by atoms with Crippen molar-refractivity contribution >= 4 is 64.0 Å². The largest absolute Gasteiger partial charge is 0.462 e. The summed E-state index contributed by atoms with van der Waals surface area (Å²) in [5.41, 5.74) is 2.77. The first kappa shape index (κ1) is 27.9. The molecule has 3 amide bonds. The summed E-state index contributed by atoms with van der Waals surface area (Å²) in [6.07, 6.45) is 1.67. The zero-order valence-corrected chi connectivity index (χ0v) is 22.7. The average Bonchev–Trinajstić information content (AvgIpc) is 3.13. The molecule has 3 aromatic carbocycles. The summed E-state index contributed by atoms with van der Waals surface area (Å²) in [5.74, 6) is -2.15. The molecule has 0 radical (unpaired) electrons. The number of anilines is 3. The van der Waals surface area contributed by atoms with E-state index in [9.17, 15) is 19.2 Å². The zero-order valence-electron chi connectivity index (χ0n) is 21.2. The van der Waals surface area contributed by atoms with Crippen molar-refractivity contribution in [2.45, 2.75) is 26.7 Å². The Morgan fingerprint density at radius 3 is 2.21 bits per heavy atom. The van der Waals surface area contributed by atoms with E-state index in [0.29, 0.717) is 34.1 Å². The van der Waals surface area contributed by atoms with Gasteiger partial charge in [0.2, 0.25) is 0 Å². The van der Waals surface area contributed by atoms with Crippen LogP contribution in [0.5, 0.6) is 0 Å². The number of carbonyl (C=O) groups excluding carboxylic acids is 4. The number of carbonyl (C=O) groups is 4. The van der Waals surface area contributed by atoms with Crippen molar-refractivity contribution in [3.8, 4) is 0 Å². The van der Waals surface area contributed by atoms with Gasteiger partial charge in [0.15, 0.2) is 0 Å². The number of rotatable bonds is 9. The van der Waals surface area contributed by atoms with Gasteiger partial charge in [-0.3, -0.25) is 14.4 Å². The quantitative estimate of drug-likeness (QED) is 0.179. The van der Waals surface area contributed by atoms with Gasteiger partial charge in [-0.2, -0.15) is 0 Å². The molecule has 0 aliphatic carbocycles. The molecule has 1 heterocycles. The number of hydrogen-bond donors (Lipinski definition) is 2. The number of unbranched alkanes of at least 4 members (excludes halogenated alkanes) is 1. The molecule has 0 spiro atoms. The molecule has 3 aromatic rings. The van der Waals surface area contributed by atoms with Gasteiger partial charge in [0.05, 0.1) is 17.9 Å². The van der Waals surface area contributed by atoms with Crippen molar-refractivity contribution in [2.75, 3.05) is 22.1 Å². The summed E-state index contributed by atoms with van der Waals surface area (Å²) in [5, 5.41) is 6.01. The first-order chi connectivity index (χ1) is 18.7. The van der Waals surface area contributed by atoms with E-state index in [1.54, 1.807) is 42.5 Å². The number of ether oxygens (including phenoxy) is 1. The molecule has 1 aliphatic rings. The number of benzene rings is 3. The second-order valence-electron chi connectivity index (χ2n) is 8.79. The zero-order chi connectivity index (χ0) is 28.1. The summed E-state index contributed by atoms with van der Waals surface area (Å²) in [6.45, 7) is 4.15. The summed E-state index contributed by atoms with van der Waals surface area (Å²) >= 11 is 12.2. The van der Waals surface area contributed by atoms with E-state index in [1.165, 1.54) is 24.3 Å². The highest BCUT2D eigenvalue weighted by Crippen LogP contribution is 2.30. The van der Waals surface area contributed by atoms with Gasteiger partial charge in [0, 0.05) is 22.0 Å². The second-order valence-corrected chi connectivity index (χ2v) is 9.60. The van der Waals surface area contributed by atoms with E-state index < -0.39 is 17.8 Å². The number of nitrogens with zero attached hydrogens (tertiary/aromatic N) is 1. The summed E-state index contributed by atoms with van der Waals surface area (Å²) in [6, 6.07) is 17.4. The fourth-order valence-electron chi connectivity index (χ4n) is 3.80. The molecule has 0 atom stereocenters. The molecular weight excluding hydrogens is 541 g/mol. The minimum atomic E-state index is -0.697. The van der Waals surface area contributed by atoms with E-state index in [-0.39, 0.29) is 22.3 Å². The lowest BCUT2D eigenvalue weighted by Crippen LogP contribution is -2.32. The van der Waals surface area contributed by atoms with Crippen LogP contribution >= 0.6 is 23.2 Å². The van der Waals surface area contributed by atoms with Crippen LogP contribution in [-0.2, 0) is 14.3 Å². The van der Waals surface area contributed by atoms with Crippen LogP contribution in [0.4, 0.5) is 17.1 Å². The first-order valence-electron chi connectivity index (χ1n) is 12.2. The molecule has 4 rings (SSSR count). The monoisotopic (exact) mass is 565 g/mol. The lowest BCUT2D eigenvalue weighted by atomic mass is 10.1. The fourth-order valence-corrected chi connectivity index (χ4v) is 4.24.